The van der Waals surface area contributed by atoms with Gasteiger partial charge >= 0.3 is 10.2 Å². The molecule has 0 bridgehead atoms. The number of anilines is 1. The van der Waals surface area contributed by atoms with Crippen molar-refractivity contribution in [3.05, 3.63) is 100 Å². The number of hydrogen-bond donors (Lipinski definition) is 1. The Morgan fingerprint density at radius 2 is 1.53 bits per heavy atom. The third-order valence-corrected chi connectivity index (χ3v) is 8.52. The van der Waals surface area contributed by atoms with Crippen molar-refractivity contribution in [2.45, 2.75) is 38.5 Å². The highest BCUT2D eigenvalue weighted by Gasteiger charge is 2.37. The molecule has 1 fully saturated rings. The molecule has 38 heavy (non-hydrogen) atoms. The van der Waals surface area contributed by atoms with E-state index < -0.39 is 10.2 Å². The molecule has 1 N–H and O–H groups in total. The van der Waals surface area contributed by atoms with Crippen molar-refractivity contribution in [1.82, 2.24) is 4.90 Å². The molecule has 0 amide bonds. The summed E-state index contributed by atoms with van der Waals surface area (Å²) in [7, 11) is -3.99. The molecule has 1 unspecified atom stereocenters. The van der Waals surface area contributed by atoms with Crippen LogP contribution in [0.25, 0.3) is 0 Å². The molecule has 6 rings (SSSR count). The molecule has 2 aliphatic heterocycles. The summed E-state index contributed by atoms with van der Waals surface area (Å²) in [5, 5.41) is 3.13. The number of aryl methyl sites for hydroxylation is 3. The summed E-state index contributed by atoms with van der Waals surface area (Å²) < 4.78 is 61.2. The molecule has 6 nitrogen and oxygen atoms in total. The zero-order chi connectivity index (χ0) is 26.4. The molecule has 0 saturated carbocycles. The zero-order valence-corrected chi connectivity index (χ0v) is 21.8. The lowest BCUT2D eigenvalue weighted by Crippen LogP contribution is -2.45. The second-order valence-electron chi connectivity index (χ2n) is 10.3. The van der Waals surface area contributed by atoms with E-state index in [1.165, 1.54) is 12.1 Å². The van der Waals surface area contributed by atoms with E-state index in [0.717, 1.165) is 46.3 Å². The monoisotopic (exact) mass is 534 g/mol. The number of piperidine rings is 1. The highest BCUT2D eigenvalue weighted by molar-refractivity contribution is 7.89. The van der Waals surface area contributed by atoms with Crippen molar-refractivity contribution >= 4 is 27.6 Å². The van der Waals surface area contributed by atoms with Crippen LogP contribution in [-0.2, 0) is 23.1 Å². The molecule has 3 aromatic carbocycles. The minimum atomic E-state index is -3.99. The SMILES string of the molecule is Cc1ccc(NC2=NS(=O)(=O)N=C2N2CCCC(C3c4ccc(F)cc4CCc4cc(F)ccc43)C2)cc1. The highest BCUT2D eigenvalue weighted by atomic mass is 32.2. The minimum Gasteiger partial charge on any atom is -0.352 e. The average Bonchev–Trinajstić information content (AvgIpc) is 3.10. The maximum absolute atomic E-state index is 14.2. The Morgan fingerprint density at radius 3 is 2.16 bits per heavy atom. The highest BCUT2D eigenvalue weighted by Crippen LogP contribution is 2.43. The zero-order valence-electron chi connectivity index (χ0n) is 21.0. The number of fused-ring (bicyclic) bond motifs is 2. The molecule has 3 aromatic rings. The van der Waals surface area contributed by atoms with E-state index in [0.29, 0.717) is 31.8 Å². The van der Waals surface area contributed by atoms with Crippen LogP contribution in [0.15, 0.2) is 69.5 Å². The third-order valence-electron chi connectivity index (χ3n) is 7.71. The predicted octanol–water partition coefficient (Wildman–Crippen LogP) is 5.38. The molecule has 3 aliphatic rings. The maximum atomic E-state index is 14.2. The van der Waals surface area contributed by atoms with E-state index >= 15 is 0 Å². The number of benzene rings is 3. The Hall–Kier alpha value is -3.59. The quantitative estimate of drug-likeness (QED) is 0.479. The van der Waals surface area contributed by atoms with Gasteiger partial charge in [-0.3, -0.25) is 0 Å². The summed E-state index contributed by atoms with van der Waals surface area (Å²) in [6.07, 6.45) is 3.00. The lowest BCUT2D eigenvalue weighted by Gasteiger charge is -2.39. The van der Waals surface area contributed by atoms with Crippen molar-refractivity contribution in [2.75, 3.05) is 18.4 Å². The number of rotatable bonds is 2. The van der Waals surface area contributed by atoms with E-state index in [2.05, 4.69) is 14.1 Å². The lowest BCUT2D eigenvalue weighted by molar-refractivity contribution is 0.243. The van der Waals surface area contributed by atoms with Gasteiger partial charge in [0.1, 0.15) is 11.6 Å². The second-order valence-corrected chi connectivity index (χ2v) is 11.6. The van der Waals surface area contributed by atoms with E-state index in [4.69, 9.17) is 0 Å². The molecule has 196 valence electrons. The average molecular weight is 535 g/mol. The Labute approximate surface area is 221 Å². The Balaban J connectivity index is 1.35. The van der Waals surface area contributed by atoms with Crippen LogP contribution < -0.4 is 5.32 Å². The van der Waals surface area contributed by atoms with Crippen molar-refractivity contribution in [1.29, 1.82) is 0 Å². The first kappa shape index (κ1) is 24.7. The first-order valence-corrected chi connectivity index (χ1v) is 14.3. The first-order chi connectivity index (χ1) is 18.3. The summed E-state index contributed by atoms with van der Waals surface area (Å²) in [5.74, 6) is -0.0303. The van der Waals surface area contributed by atoms with E-state index in [9.17, 15) is 17.2 Å². The summed E-state index contributed by atoms with van der Waals surface area (Å²) in [5.41, 5.74) is 5.80. The van der Waals surface area contributed by atoms with Crippen molar-refractivity contribution in [2.24, 2.45) is 14.7 Å². The molecule has 0 aromatic heterocycles. The van der Waals surface area contributed by atoms with Crippen LogP contribution in [0.2, 0.25) is 0 Å². The lowest BCUT2D eigenvalue weighted by atomic mass is 9.75. The van der Waals surface area contributed by atoms with Gasteiger partial charge in [0.05, 0.1) is 0 Å². The second kappa shape index (κ2) is 9.62. The van der Waals surface area contributed by atoms with Gasteiger partial charge in [0.25, 0.3) is 0 Å². The Bertz CT molecular complexity index is 1510. The van der Waals surface area contributed by atoms with Gasteiger partial charge in [0.2, 0.25) is 0 Å². The number of nitrogens with one attached hydrogen (secondary N) is 1. The van der Waals surface area contributed by atoms with Gasteiger partial charge in [-0.05, 0) is 97.2 Å². The summed E-state index contributed by atoms with van der Waals surface area (Å²) in [6.45, 7) is 3.16. The van der Waals surface area contributed by atoms with E-state index in [-0.39, 0.29) is 29.3 Å². The molecule has 9 heteroatoms. The van der Waals surface area contributed by atoms with Crippen LogP contribution in [0.1, 0.15) is 46.6 Å². The molecule has 1 atom stereocenters. The fourth-order valence-corrected chi connectivity index (χ4v) is 6.82. The van der Waals surface area contributed by atoms with E-state index in [1.807, 2.05) is 48.2 Å². The number of nitrogens with zero attached hydrogens (tertiary/aromatic N) is 3. The van der Waals surface area contributed by atoms with Crippen LogP contribution in [0.5, 0.6) is 0 Å². The van der Waals surface area contributed by atoms with Crippen molar-refractivity contribution in [3.63, 3.8) is 0 Å². The summed E-state index contributed by atoms with van der Waals surface area (Å²) in [6, 6.07) is 17.5. The Morgan fingerprint density at radius 1 is 0.895 bits per heavy atom. The normalized spacial score (nSPS) is 20.7. The summed E-state index contributed by atoms with van der Waals surface area (Å²) in [4.78, 5) is 1.98. The Kier molecular flexibility index (Phi) is 6.26. The predicted molar refractivity (Wildman–Crippen MR) is 145 cm³/mol. The number of amidine groups is 2. The fourth-order valence-electron chi connectivity index (χ4n) is 6.00. The molecule has 1 saturated heterocycles. The molecular formula is C29H28F2N4O2S. The number of hydrogen-bond acceptors (Lipinski definition) is 4. The summed E-state index contributed by atoms with van der Waals surface area (Å²) >= 11 is 0. The molecule has 0 spiro atoms. The fraction of sp³-hybridized carbons (Fsp3) is 0.310. The van der Waals surface area contributed by atoms with Gasteiger partial charge in [0.15, 0.2) is 11.7 Å². The van der Waals surface area contributed by atoms with Crippen molar-refractivity contribution < 1.29 is 17.2 Å². The smallest absolute Gasteiger partial charge is 0.352 e. The standard InChI is InChI=1S/C29H28F2N4O2S/c1-18-4-10-24(11-5-18)32-28-29(34-38(36,37)33-28)35-14-2-3-21(17-35)27-25-12-8-22(30)15-19(25)6-7-20-16-23(31)9-13-26(20)27/h4-5,8-13,15-16,21,27H,2-3,6-7,14,17H2,1H3,(H,32,33). The van der Waals surface area contributed by atoms with Crippen LogP contribution in [-0.4, -0.2) is 38.1 Å². The van der Waals surface area contributed by atoms with Crippen LogP contribution >= 0.6 is 0 Å². The van der Waals surface area contributed by atoms with Crippen LogP contribution in [0.4, 0.5) is 14.5 Å². The van der Waals surface area contributed by atoms with Gasteiger partial charge in [0, 0.05) is 24.7 Å². The molecule has 0 radical (unpaired) electrons. The molecule has 2 heterocycles. The number of halogens is 2. The van der Waals surface area contributed by atoms with Gasteiger partial charge in [-0.15, -0.1) is 8.80 Å². The number of likely N-dealkylation sites (tertiary alicyclic amines) is 1. The largest absolute Gasteiger partial charge is 0.367 e. The van der Waals surface area contributed by atoms with Crippen LogP contribution in [0, 0.1) is 24.5 Å². The molecule has 1 aliphatic carbocycles. The van der Waals surface area contributed by atoms with Gasteiger partial charge < -0.3 is 10.2 Å². The first-order valence-electron chi connectivity index (χ1n) is 12.9. The minimum absolute atomic E-state index is 0.0736. The van der Waals surface area contributed by atoms with Crippen LogP contribution in [0.3, 0.4) is 0 Å². The maximum Gasteiger partial charge on any atom is 0.367 e. The van der Waals surface area contributed by atoms with Crippen molar-refractivity contribution in [3.8, 4) is 0 Å². The van der Waals surface area contributed by atoms with Gasteiger partial charge in [-0.25, -0.2) is 8.78 Å². The van der Waals surface area contributed by atoms with Gasteiger partial charge in [-0.2, -0.15) is 8.42 Å². The third kappa shape index (κ3) is 4.82. The molecular weight excluding hydrogens is 506 g/mol. The topological polar surface area (TPSA) is 74.1 Å². The van der Waals surface area contributed by atoms with Gasteiger partial charge in [-0.1, -0.05) is 29.8 Å². The van der Waals surface area contributed by atoms with E-state index in [1.54, 1.807) is 12.1 Å².